The lowest BCUT2D eigenvalue weighted by molar-refractivity contribution is 0.209. The fraction of sp³-hybridized carbons (Fsp3) is 0.143. The summed E-state index contributed by atoms with van der Waals surface area (Å²) in [6.07, 6.45) is 1.91. The molecule has 1 amide bonds. The summed E-state index contributed by atoms with van der Waals surface area (Å²) in [6, 6.07) is 7.62. The highest BCUT2D eigenvalue weighted by Gasteiger charge is 2.12. The van der Waals surface area contributed by atoms with Crippen molar-refractivity contribution in [1.82, 2.24) is 19.6 Å². The SMILES string of the molecule is COc1ccccc1CNc1nccn2c(NC(=O)O)nnc12. The Balaban J connectivity index is 1.86. The van der Waals surface area contributed by atoms with Crippen LogP contribution in [0.25, 0.3) is 5.65 Å². The molecule has 23 heavy (non-hydrogen) atoms. The molecule has 0 bridgehead atoms. The Morgan fingerprint density at radius 2 is 2.17 bits per heavy atom. The van der Waals surface area contributed by atoms with Crippen LogP contribution < -0.4 is 15.4 Å². The van der Waals surface area contributed by atoms with Crippen molar-refractivity contribution in [2.75, 3.05) is 17.7 Å². The Morgan fingerprint density at radius 1 is 1.35 bits per heavy atom. The number of aromatic nitrogens is 4. The van der Waals surface area contributed by atoms with Gasteiger partial charge in [0.15, 0.2) is 5.82 Å². The zero-order chi connectivity index (χ0) is 16.2. The molecule has 0 saturated carbocycles. The van der Waals surface area contributed by atoms with Crippen LogP contribution in [0.4, 0.5) is 16.6 Å². The van der Waals surface area contributed by atoms with Crippen LogP contribution in [-0.4, -0.2) is 37.9 Å². The molecule has 9 heteroatoms. The highest BCUT2D eigenvalue weighted by molar-refractivity contribution is 5.81. The van der Waals surface area contributed by atoms with E-state index >= 15 is 0 Å². The zero-order valence-corrected chi connectivity index (χ0v) is 12.2. The normalized spacial score (nSPS) is 10.5. The summed E-state index contributed by atoms with van der Waals surface area (Å²) in [5, 5.41) is 21.9. The number of carboxylic acid groups (broad SMARTS) is 1. The topological polar surface area (TPSA) is 114 Å². The Morgan fingerprint density at radius 3 is 2.96 bits per heavy atom. The quantitative estimate of drug-likeness (QED) is 0.658. The van der Waals surface area contributed by atoms with Gasteiger partial charge in [0.2, 0.25) is 11.6 Å². The summed E-state index contributed by atoms with van der Waals surface area (Å²) >= 11 is 0. The number of nitrogens with zero attached hydrogens (tertiary/aromatic N) is 4. The molecule has 0 aliphatic carbocycles. The van der Waals surface area contributed by atoms with Crippen LogP contribution in [0.5, 0.6) is 5.75 Å². The summed E-state index contributed by atoms with van der Waals surface area (Å²) in [5.41, 5.74) is 1.38. The molecule has 0 spiro atoms. The Bertz CT molecular complexity index is 847. The Labute approximate surface area is 130 Å². The third-order valence-corrected chi connectivity index (χ3v) is 3.18. The van der Waals surface area contributed by atoms with E-state index in [2.05, 4.69) is 25.8 Å². The number of amides is 1. The first kappa shape index (κ1) is 14.6. The predicted octanol–water partition coefficient (Wildman–Crippen LogP) is 1.83. The number of methoxy groups -OCH3 is 1. The summed E-state index contributed by atoms with van der Waals surface area (Å²) in [6.45, 7) is 0.477. The first-order valence-corrected chi connectivity index (χ1v) is 6.74. The lowest BCUT2D eigenvalue weighted by atomic mass is 10.2. The van der Waals surface area contributed by atoms with E-state index in [-0.39, 0.29) is 5.95 Å². The molecule has 0 saturated heterocycles. The number of hydrogen-bond acceptors (Lipinski definition) is 6. The first-order chi connectivity index (χ1) is 11.2. The third-order valence-electron chi connectivity index (χ3n) is 3.18. The van der Waals surface area contributed by atoms with Crippen molar-refractivity contribution < 1.29 is 14.6 Å². The van der Waals surface area contributed by atoms with Crippen LogP contribution in [0, 0.1) is 0 Å². The first-order valence-electron chi connectivity index (χ1n) is 6.74. The van der Waals surface area contributed by atoms with Crippen molar-refractivity contribution in [2.24, 2.45) is 0 Å². The van der Waals surface area contributed by atoms with E-state index in [1.807, 2.05) is 24.3 Å². The van der Waals surface area contributed by atoms with E-state index in [0.29, 0.717) is 18.0 Å². The monoisotopic (exact) mass is 314 g/mol. The summed E-state index contributed by atoms with van der Waals surface area (Å²) in [7, 11) is 1.61. The lowest BCUT2D eigenvalue weighted by Crippen LogP contribution is -2.10. The smallest absolute Gasteiger partial charge is 0.411 e. The van der Waals surface area contributed by atoms with Crippen molar-refractivity contribution in [3.63, 3.8) is 0 Å². The standard InChI is InChI=1S/C14H14N6O3/c1-23-10-5-3-2-4-9(10)8-16-11-12-18-19-13(17-14(21)22)20(12)7-6-15-11/h2-7H,8H2,1H3,(H,15,16)(H,17,19)(H,21,22). The van der Waals surface area contributed by atoms with Crippen LogP contribution in [-0.2, 0) is 6.54 Å². The minimum Gasteiger partial charge on any atom is -0.496 e. The van der Waals surface area contributed by atoms with Gasteiger partial charge in [-0.15, -0.1) is 10.2 Å². The molecule has 3 aromatic rings. The lowest BCUT2D eigenvalue weighted by Gasteiger charge is -2.10. The number of ether oxygens (including phenoxy) is 1. The van der Waals surface area contributed by atoms with Gasteiger partial charge in [-0.2, -0.15) is 0 Å². The minimum atomic E-state index is -1.21. The van der Waals surface area contributed by atoms with Gasteiger partial charge in [-0.1, -0.05) is 18.2 Å². The molecule has 3 rings (SSSR count). The van der Waals surface area contributed by atoms with Crippen molar-refractivity contribution in [3.8, 4) is 5.75 Å². The number of carbonyl (C=O) groups is 1. The number of benzene rings is 1. The third kappa shape index (κ3) is 2.98. The highest BCUT2D eigenvalue weighted by Crippen LogP contribution is 2.20. The van der Waals surface area contributed by atoms with E-state index in [1.165, 1.54) is 10.6 Å². The van der Waals surface area contributed by atoms with Gasteiger partial charge in [0.05, 0.1) is 7.11 Å². The number of para-hydroxylation sites is 1. The summed E-state index contributed by atoms with van der Waals surface area (Å²) in [5.74, 6) is 1.36. The average Bonchev–Trinajstić information content (AvgIpc) is 2.96. The molecule has 0 aliphatic heterocycles. The van der Waals surface area contributed by atoms with Gasteiger partial charge in [-0.25, -0.2) is 9.78 Å². The van der Waals surface area contributed by atoms with Crippen molar-refractivity contribution >= 4 is 23.5 Å². The molecule has 0 atom stereocenters. The molecular formula is C14H14N6O3. The van der Waals surface area contributed by atoms with Gasteiger partial charge in [0, 0.05) is 24.5 Å². The molecule has 1 aromatic carbocycles. The van der Waals surface area contributed by atoms with Gasteiger partial charge in [0.25, 0.3) is 0 Å². The predicted molar refractivity (Wildman–Crippen MR) is 82.8 cm³/mol. The largest absolute Gasteiger partial charge is 0.496 e. The van der Waals surface area contributed by atoms with Crippen molar-refractivity contribution in [1.29, 1.82) is 0 Å². The highest BCUT2D eigenvalue weighted by atomic mass is 16.5. The van der Waals surface area contributed by atoms with Gasteiger partial charge in [-0.05, 0) is 6.07 Å². The molecule has 0 radical (unpaired) electrons. The molecule has 9 nitrogen and oxygen atoms in total. The van der Waals surface area contributed by atoms with E-state index in [9.17, 15) is 4.79 Å². The molecular weight excluding hydrogens is 300 g/mol. The molecule has 2 aromatic heterocycles. The van der Waals surface area contributed by atoms with Crippen LogP contribution in [0.2, 0.25) is 0 Å². The number of fused-ring (bicyclic) bond motifs is 1. The molecule has 0 aliphatic rings. The number of nitrogens with one attached hydrogen (secondary N) is 2. The van der Waals surface area contributed by atoms with E-state index in [0.717, 1.165) is 11.3 Å². The average molecular weight is 314 g/mol. The van der Waals surface area contributed by atoms with E-state index < -0.39 is 6.09 Å². The minimum absolute atomic E-state index is 0.107. The van der Waals surface area contributed by atoms with Crippen LogP contribution in [0.3, 0.4) is 0 Å². The van der Waals surface area contributed by atoms with Gasteiger partial charge >= 0.3 is 6.09 Å². The zero-order valence-electron chi connectivity index (χ0n) is 12.2. The molecule has 118 valence electrons. The summed E-state index contributed by atoms with van der Waals surface area (Å²) in [4.78, 5) is 15.0. The fourth-order valence-corrected chi connectivity index (χ4v) is 2.16. The van der Waals surface area contributed by atoms with E-state index in [4.69, 9.17) is 9.84 Å². The fourth-order valence-electron chi connectivity index (χ4n) is 2.16. The second-order valence-corrected chi connectivity index (χ2v) is 4.59. The van der Waals surface area contributed by atoms with Crippen molar-refractivity contribution in [3.05, 3.63) is 42.2 Å². The van der Waals surface area contributed by atoms with Gasteiger partial charge in [-0.3, -0.25) is 9.72 Å². The van der Waals surface area contributed by atoms with Crippen LogP contribution in [0.15, 0.2) is 36.7 Å². The maximum atomic E-state index is 10.7. The molecule has 3 N–H and O–H groups in total. The van der Waals surface area contributed by atoms with Gasteiger partial charge < -0.3 is 15.2 Å². The number of hydrogen-bond donors (Lipinski definition) is 3. The Hall–Kier alpha value is -3.36. The molecule has 0 unspecified atom stereocenters. The molecule has 0 fully saturated rings. The number of anilines is 2. The second kappa shape index (κ2) is 6.18. The maximum absolute atomic E-state index is 10.7. The van der Waals surface area contributed by atoms with Crippen LogP contribution in [0.1, 0.15) is 5.56 Å². The number of rotatable bonds is 5. The van der Waals surface area contributed by atoms with Gasteiger partial charge in [0.1, 0.15) is 5.75 Å². The van der Waals surface area contributed by atoms with Crippen LogP contribution >= 0.6 is 0 Å². The van der Waals surface area contributed by atoms with Crippen molar-refractivity contribution in [2.45, 2.75) is 6.54 Å². The molecule has 2 heterocycles. The Kier molecular flexibility index (Phi) is 3.91. The summed E-state index contributed by atoms with van der Waals surface area (Å²) < 4.78 is 6.81. The second-order valence-electron chi connectivity index (χ2n) is 4.59. The van der Waals surface area contributed by atoms with E-state index in [1.54, 1.807) is 13.3 Å². The maximum Gasteiger partial charge on any atom is 0.411 e.